The van der Waals surface area contributed by atoms with Gasteiger partial charge in [-0.3, -0.25) is 9.69 Å². The van der Waals surface area contributed by atoms with Gasteiger partial charge in [0.1, 0.15) is 12.4 Å². The van der Waals surface area contributed by atoms with Gasteiger partial charge < -0.3 is 9.64 Å². The molecule has 0 aliphatic carbocycles. The van der Waals surface area contributed by atoms with Crippen molar-refractivity contribution in [2.45, 2.75) is 6.18 Å². The summed E-state index contributed by atoms with van der Waals surface area (Å²) in [6, 6.07) is 4.90. The second-order valence-electron chi connectivity index (χ2n) is 5.27. The fourth-order valence-electron chi connectivity index (χ4n) is 2.29. The molecule has 1 fully saturated rings. The van der Waals surface area contributed by atoms with E-state index in [0.29, 0.717) is 6.54 Å². The first kappa shape index (κ1) is 18.2. The van der Waals surface area contributed by atoms with Crippen molar-refractivity contribution < 1.29 is 31.9 Å². The minimum absolute atomic E-state index is 0.0236. The standard InChI is InChI=1S/C15H16F4N2O3/c16-12-3-1-11(2-4-12)13(22)24-10-9-20-5-7-21(8-6-20)14(23)15(17,18)19/h1-4H,5-10H2. The number of nitrogens with zero attached hydrogens (tertiary/aromatic N) is 2. The lowest BCUT2D eigenvalue weighted by molar-refractivity contribution is -0.187. The number of hydrogen-bond donors (Lipinski definition) is 0. The van der Waals surface area contributed by atoms with Gasteiger partial charge >= 0.3 is 18.1 Å². The molecule has 1 aromatic carbocycles. The largest absolute Gasteiger partial charge is 0.471 e. The molecule has 24 heavy (non-hydrogen) atoms. The van der Waals surface area contributed by atoms with Crippen molar-refractivity contribution in [3.8, 4) is 0 Å². The normalized spacial score (nSPS) is 16.1. The van der Waals surface area contributed by atoms with Crippen LogP contribution in [0.15, 0.2) is 24.3 Å². The molecule has 1 aromatic rings. The van der Waals surface area contributed by atoms with Crippen LogP contribution >= 0.6 is 0 Å². The molecule has 1 amide bonds. The van der Waals surface area contributed by atoms with Crippen molar-refractivity contribution in [1.29, 1.82) is 0 Å². The molecule has 0 aromatic heterocycles. The second-order valence-corrected chi connectivity index (χ2v) is 5.27. The van der Waals surface area contributed by atoms with Crippen molar-refractivity contribution in [2.24, 2.45) is 0 Å². The zero-order valence-electron chi connectivity index (χ0n) is 12.7. The molecule has 0 radical (unpaired) electrons. The van der Waals surface area contributed by atoms with Crippen LogP contribution < -0.4 is 0 Å². The number of alkyl halides is 3. The summed E-state index contributed by atoms with van der Waals surface area (Å²) in [5, 5.41) is 0. The van der Waals surface area contributed by atoms with Gasteiger partial charge in [0, 0.05) is 32.7 Å². The number of carbonyl (C=O) groups is 2. The highest BCUT2D eigenvalue weighted by molar-refractivity contribution is 5.89. The fourth-order valence-corrected chi connectivity index (χ4v) is 2.29. The maximum absolute atomic E-state index is 12.7. The smallest absolute Gasteiger partial charge is 0.461 e. The van der Waals surface area contributed by atoms with Crippen LogP contribution in [-0.4, -0.2) is 67.2 Å². The van der Waals surface area contributed by atoms with Crippen LogP contribution in [0, 0.1) is 5.82 Å². The summed E-state index contributed by atoms with van der Waals surface area (Å²) in [6.07, 6.45) is -4.85. The number of rotatable bonds is 4. The number of hydrogen-bond acceptors (Lipinski definition) is 4. The summed E-state index contributed by atoms with van der Waals surface area (Å²) in [4.78, 5) is 25.4. The Labute approximate surface area is 135 Å². The Kier molecular flexibility index (Phi) is 5.76. The average molecular weight is 348 g/mol. The van der Waals surface area contributed by atoms with E-state index in [-0.39, 0.29) is 38.3 Å². The Morgan fingerprint density at radius 3 is 2.17 bits per heavy atom. The molecule has 0 bridgehead atoms. The molecule has 1 saturated heterocycles. The van der Waals surface area contributed by atoms with E-state index < -0.39 is 23.9 Å². The van der Waals surface area contributed by atoms with E-state index in [1.807, 2.05) is 0 Å². The Morgan fingerprint density at radius 2 is 1.62 bits per heavy atom. The number of halogens is 4. The number of amides is 1. The summed E-state index contributed by atoms with van der Waals surface area (Å²) in [5.41, 5.74) is 0.219. The molecule has 0 N–H and O–H groups in total. The molecule has 0 unspecified atom stereocenters. The van der Waals surface area contributed by atoms with E-state index in [4.69, 9.17) is 4.74 Å². The summed E-state index contributed by atoms with van der Waals surface area (Å²) < 4.78 is 54.8. The molecule has 0 saturated carbocycles. The summed E-state index contributed by atoms with van der Waals surface area (Å²) in [5.74, 6) is -2.89. The van der Waals surface area contributed by atoms with Crippen LogP contribution in [0.3, 0.4) is 0 Å². The van der Waals surface area contributed by atoms with Gasteiger partial charge in [-0.1, -0.05) is 0 Å². The summed E-state index contributed by atoms with van der Waals surface area (Å²) >= 11 is 0. The predicted molar refractivity (Wildman–Crippen MR) is 75.8 cm³/mol. The van der Waals surface area contributed by atoms with Gasteiger partial charge in [-0.15, -0.1) is 0 Å². The minimum Gasteiger partial charge on any atom is -0.461 e. The summed E-state index contributed by atoms with van der Waals surface area (Å²) in [6.45, 7) is 0.907. The van der Waals surface area contributed by atoms with E-state index in [9.17, 15) is 27.2 Å². The Bertz CT molecular complexity index is 581. The van der Waals surface area contributed by atoms with Gasteiger partial charge in [0.05, 0.1) is 5.56 Å². The molecule has 132 valence electrons. The minimum atomic E-state index is -4.85. The SMILES string of the molecule is O=C(OCCN1CCN(C(=O)C(F)(F)F)CC1)c1ccc(F)cc1. The third-order valence-corrected chi connectivity index (χ3v) is 3.62. The first-order valence-electron chi connectivity index (χ1n) is 7.28. The maximum atomic E-state index is 12.7. The molecule has 1 aliphatic rings. The fraction of sp³-hybridized carbons (Fsp3) is 0.467. The van der Waals surface area contributed by atoms with Crippen molar-refractivity contribution in [3.63, 3.8) is 0 Å². The monoisotopic (exact) mass is 348 g/mol. The second kappa shape index (κ2) is 7.61. The Morgan fingerprint density at radius 1 is 1.04 bits per heavy atom. The van der Waals surface area contributed by atoms with Crippen LogP contribution in [-0.2, 0) is 9.53 Å². The van der Waals surface area contributed by atoms with Crippen LogP contribution in [0.4, 0.5) is 17.6 Å². The highest BCUT2D eigenvalue weighted by Gasteiger charge is 2.43. The van der Waals surface area contributed by atoms with Crippen LogP contribution in [0.2, 0.25) is 0 Å². The van der Waals surface area contributed by atoms with Gasteiger partial charge in [-0.2, -0.15) is 13.2 Å². The zero-order valence-corrected chi connectivity index (χ0v) is 12.7. The lowest BCUT2D eigenvalue weighted by atomic mass is 10.2. The summed E-state index contributed by atoms with van der Waals surface area (Å²) in [7, 11) is 0. The van der Waals surface area contributed by atoms with E-state index in [2.05, 4.69) is 0 Å². The number of esters is 1. The first-order valence-corrected chi connectivity index (χ1v) is 7.28. The van der Waals surface area contributed by atoms with Crippen molar-refractivity contribution in [2.75, 3.05) is 39.3 Å². The van der Waals surface area contributed by atoms with E-state index >= 15 is 0 Å². The van der Waals surface area contributed by atoms with Gasteiger partial charge in [0.2, 0.25) is 0 Å². The molecule has 1 heterocycles. The molecule has 0 spiro atoms. The third kappa shape index (κ3) is 4.92. The molecule has 5 nitrogen and oxygen atoms in total. The lowest BCUT2D eigenvalue weighted by Gasteiger charge is -2.34. The molecular weight excluding hydrogens is 332 g/mol. The van der Waals surface area contributed by atoms with Crippen LogP contribution in [0.5, 0.6) is 0 Å². The van der Waals surface area contributed by atoms with Crippen LogP contribution in [0.1, 0.15) is 10.4 Å². The van der Waals surface area contributed by atoms with E-state index in [0.717, 1.165) is 17.0 Å². The first-order chi connectivity index (χ1) is 11.3. The van der Waals surface area contributed by atoms with Gasteiger partial charge in [-0.05, 0) is 24.3 Å². The number of piperazine rings is 1. The van der Waals surface area contributed by atoms with Crippen molar-refractivity contribution in [1.82, 2.24) is 9.80 Å². The quantitative estimate of drug-likeness (QED) is 0.614. The number of ether oxygens (including phenoxy) is 1. The van der Waals surface area contributed by atoms with Gasteiger partial charge in [-0.25, -0.2) is 9.18 Å². The van der Waals surface area contributed by atoms with E-state index in [1.165, 1.54) is 12.1 Å². The molecule has 1 aliphatic heterocycles. The Balaban J connectivity index is 1.70. The maximum Gasteiger partial charge on any atom is 0.471 e. The van der Waals surface area contributed by atoms with Crippen molar-refractivity contribution in [3.05, 3.63) is 35.6 Å². The zero-order chi connectivity index (χ0) is 17.7. The highest BCUT2D eigenvalue weighted by Crippen LogP contribution is 2.19. The molecule has 2 rings (SSSR count). The van der Waals surface area contributed by atoms with Gasteiger partial charge in [0.25, 0.3) is 0 Å². The van der Waals surface area contributed by atoms with Crippen molar-refractivity contribution >= 4 is 11.9 Å². The lowest BCUT2D eigenvalue weighted by Crippen LogP contribution is -2.52. The molecule has 0 atom stereocenters. The predicted octanol–water partition coefficient (Wildman–Crippen LogP) is 1.69. The average Bonchev–Trinajstić information content (AvgIpc) is 2.54. The van der Waals surface area contributed by atoms with E-state index in [1.54, 1.807) is 4.90 Å². The topological polar surface area (TPSA) is 49.9 Å². The third-order valence-electron chi connectivity index (χ3n) is 3.62. The number of carbonyl (C=O) groups excluding carboxylic acids is 2. The Hall–Kier alpha value is -2.16. The highest BCUT2D eigenvalue weighted by atomic mass is 19.4. The van der Waals surface area contributed by atoms with Crippen LogP contribution in [0.25, 0.3) is 0 Å². The molecular formula is C15H16F4N2O3. The van der Waals surface area contributed by atoms with Gasteiger partial charge in [0.15, 0.2) is 0 Å². The number of benzene rings is 1. The molecule has 9 heteroatoms.